The van der Waals surface area contributed by atoms with Crippen molar-refractivity contribution in [1.82, 2.24) is 9.80 Å². The summed E-state index contributed by atoms with van der Waals surface area (Å²) in [4.78, 5) is 6.58. The van der Waals surface area contributed by atoms with E-state index in [1.165, 1.54) is 167 Å². The number of nitrogens with zero attached hydrogens (tertiary/aromatic N) is 2. The van der Waals surface area contributed by atoms with Gasteiger partial charge in [-0.3, -0.25) is 0 Å². The zero-order chi connectivity index (χ0) is 36.6. The first-order valence-corrected chi connectivity index (χ1v) is 23.3. The van der Waals surface area contributed by atoms with E-state index in [0.29, 0.717) is 0 Å². The summed E-state index contributed by atoms with van der Waals surface area (Å²) < 4.78 is 0. The van der Waals surface area contributed by atoms with Crippen LogP contribution in [-0.4, -0.2) is 20.9 Å². The van der Waals surface area contributed by atoms with Gasteiger partial charge in [0.2, 0.25) is 0 Å². The second-order valence-electron chi connectivity index (χ2n) is 21.0. The monoisotopic (exact) mass is 711 g/mol. The number of hydrogen-bond donors (Lipinski definition) is 0. The van der Waals surface area contributed by atoms with Crippen molar-refractivity contribution < 1.29 is 0 Å². The van der Waals surface area contributed by atoms with Crippen molar-refractivity contribution in [2.45, 2.75) is 233 Å². The van der Waals surface area contributed by atoms with E-state index in [2.05, 4.69) is 65.2 Å². The first-order valence-electron chi connectivity index (χ1n) is 23.3. The van der Waals surface area contributed by atoms with Crippen LogP contribution in [0.5, 0.6) is 0 Å². The highest BCUT2D eigenvalue weighted by Crippen LogP contribution is 2.66. The van der Waals surface area contributed by atoms with Crippen LogP contribution in [0.3, 0.4) is 0 Å². The number of allylic oxidation sites excluding steroid dienone is 8. The predicted molar refractivity (Wildman–Crippen MR) is 224 cm³/mol. The van der Waals surface area contributed by atoms with Gasteiger partial charge >= 0.3 is 0 Å². The molecule has 0 spiro atoms. The summed E-state index contributed by atoms with van der Waals surface area (Å²) in [5.41, 5.74) is 14.3. The SMILES string of the molecule is CC(C)=C(C1CCCCC1)N(C(=C(C)C)C1CCCCC1)C12CC3CC(C1)CC(N(C(=C(C)C)C1CCCCC1)C(=C(C)C)C1CCCCC1)(C3)C2. The lowest BCUT2D eigenvalue weighted by Gasteiger charge is -2.70. The Morgan fingerprint density at radius 1 is 0.346 bits per heavy atom. The summed E-state index contributed by atoms with van der Waals surface area (Å²) in [5, 5.41) is 0. The summed E-state index contributed by atoms with van der Waals surface area (Å²) >= 11 is 0. The maximum absolute atomic E-state index is 3.29. The molecule has 0 amide bonds. The molecule has 0 heterocycles. The zero-order valence-electron chi connectivity index (χ0n) is 35.7. The van der Waals surface area contributed by atoms with Crippen molar-refractivity contribution in [2.75, 3.05) is 0 Å². The van der Waals surface area contributed by atoms with Crippen molar-refractivity contribution >= 4 is 0 Å². The van der Waals surface area contributed by atoms with Crippen LogP contribution in [0.25, 0.3) is 0 Å². The van der Waals surface area contributed by atoms with E-state index in [1.807, 2.05) is 22.8 Å². The van der Waals surface area contributed by atoms with Crippen LogP contribution in [0.15, 0.2) is 45.1 Å². The van der Waals surface area contributed by atoms with Gasteiger partial charge in [0, 0.05) is 33.9 Å². The van der Waals surface area contributed by atoms with E-state index >= 15 is 0 Å². The summed E-state index contributed by atoms with van der Waals surface area (Å²) in [6, 6.07) is 0. The maximum Gasteiger partial charge on any atom is 0.0473 e. The Bertz CT molecular complexity index is 1170. The average Bonchev–Trinajstić information content (AvgIpc) is 3.12. The topological polar surface area (TPSA) is 6.48 Å². The fourth-order valence-electron chi connectivity index (χ4n) is 14.7. The first-order chi connectivity index (χ1) is 25.0. The van der Waals surface area contributed by atoms with E-state index in [-0.39, 0.29) is 11.1 Å². The molecule has 0 saturated heterocycles. The molecular weight excluding hydrogens is 629 g/mol. The summed E-state index contributed by atoms with van der Waals surface area (Å²) in [6.07, 6.45) is 37.1. The summed E-state index contributed by atoms with van der Waals surface area (Å²) in [6.45, 7) is 20.2. The third-order valence-electron chi connectivity index (χ3n) is 15.9. The Kier molecular flexibility index (Phi) is 12.2. The third kappa shape index (κ3) is 7.56. The molecule has 8 aliphatic rings. The Balaban J connectivity index is 1.42. The minimum Gasteiger partial charge on any atom is -0.342 e. The van der Waals surface area contributed by atoms with Crippen molar-refractivity contribution in [3.8, 4) is 0 Å². The molecule has 52 heavy (non-hydrogen) atoms. The number of hydrogen-bond acceptors (Lipinski definition) is 2. The second-order valence-corrected chi connectivity index (χ2v) is 21.0. The molecule has 4 bridgehead atoms. The van der Waals surface area contributed by atoms with Gasteiger partial charge in [-0.05, 0) is 181 Å². The molecule has 0 aromatic rings. The quantitative estimate of drug-likeness (QED) is 0.223. The van der Waals surface area contributed by atoms with E-state index in [4.69, 9.17) is 0 Å². The molecule has 8 rings (SSSR count). The maximum atomic E-state index is 3.29. The molecule has 8 fully saturated rings. The van der Waals surface area contributed by atoms with Gasteiger partial charge in [-0.2, -0.15) is 0 Å². The average molecular weight is 711 g/mol. The normalized spacial score (nSPS) is 31.6. The highest BCUT2D eigenvalue weighted by molar-refractivity contribution is 5.36. The fourth-order valence-corrected chi connectivity index (χ4v) is 14.7. The largest absolute Gasteiger partial charge is 0.342 e. The van der Waals surface area contributed by atoms with Crippen LogP contribution in [0.2, 0.25) is 0 Å². The van der Waals surface area contributed by atoms with E-state index in [9.17, 15) is 0 Å². The molecule has 0 radical (unpaired) electrons. The minimum absolute atomic E-state index is 0.245. The molecule has 0 aromatic heterocycles. The third-order valence-corrected chi connectivity index (χ3v) is 15.9. The molecule has 2 heteroatoms. The fraction of sp³-hybridized carbons (Fsp3) is 0.840. The van der Waals surface area contributed by atoms with Gasteiger partial charge in [-0.15, -0.1) is 0 Å². The van der Waals surface area contributed by atoms with Crippen molar-refractivity contribution in [3.05, 3.63) is 45.1 Å². The Labute approximate surface area is 322 Å². The lowest BCUT2D eigenvalue weighted by atomic mass is 9.48. The van der Waals surface area contributed by atoms with E-state index in [1.54, 1.807) is 22.3 Å². The molecule has 2 nitrogen and oxygen atoms in total. The predicted octanol–water partition coefficient (Wildman–Crippen LogP) is 15.2. The summed E-state index contributed by atoms with van der Waals surface area (Å²) in [7, 11) is 0. The highest BCUT2D eigenvalue weighted by atomic mass is 15.3. The lowest BCUT2D eigenvalue weighted by molar-refractivity contribution is -0.128. The molecule has 292 valence electrons. The van der Waals surface area contributed by atoms with Crippen LogP contribution in [0.4, 0.5) is 0 Å². The standard InChI is InChI=1S/C50H82N2/c1-35(2)45(41-21-13-9-14-22-41)51(46(36(3)4)42-23-15-10-16-24-42)49-30-39-29-40(31-49)33-50(32-39,34-49)52(47(37(5)6)43-25-17-11-18-26-43)48(38(7)8)44-27-19-12-20-28-44/h39-44H,9-34H2,1-8H3. The molecule has 0 atom stereocenters. The minimum atomic E-state index is 0.245. The summed E-state index contributed by atoms with van der Waals surface area (Å²) in [5.74, 6) is 4.67. The number of rotatable bonds is 10. The van der Waals surface area contributed by atoms with E-state index < -0.39 is 0 Å². The van der Waals surface area contributed by atoms with Gasteiger partial charge in [0.15, 0.2) is 0 Å². The molecule has 0 unspecified atom stereocenters. The van der Waals surface area contributed by atoms with Crippen LogP contribution >= 0.6 is 0 Å². The van der Waals surface area contributed by atoms with Crippen LogP contribution in [0.1, 0.15) is 222 Å². The van der Waals surface area contributed by atoms with Crippen molar-refractivity contribution in [1.29, 1.82) is 0 Å². The van der Waals surface area contributed by atoms with Gasteiger partial charge in [-0.25, -0.2) is 0 Å². The van der Waals surface area contributed by atoms with E-state index in [0.717, 1.165) is 35.5 Å². The van der Waals surface area contributed by atoms with Gasteiger partial charge < -0.3 is 9.80 Å². The van der Waals surface area contributed by atoms with Gasteiger partial charge in [-0.1, -0.05) is 99.3 Å². The molecule has 8 aliphatic carbocycles. The lowest BCUT2D eigenvalue weighted by Crippen LogP contribution is -2.70. The molecular formula is C50H82N2. The zero-order valence-corrected chi connectivity index (χ0v) is 35.7. The van der Waals surface area contributed by atoms with Gasteiger partial charge in [0.25, 0.3) is 0 Å². The van der Waals surface area contributed by atoms with Crippen LogP contribution < -0.4 is 0 Å². The Morgan fingerprint density at radius 2 is 0.577 bits per heavy atom. The van der Waals surface area contributed by atoms with Crippen LogP contribution in [0, 0.1) is 35.5 Å². The van der Waals surface area contributed by atoms with Crippen LogP contribution in [-0.2, 0) is 0 Å². The first kappa shape index (κ1) is 38.8. The van der Waals surface area contributed by atoms with Gasteiger partial charge in [0.1, 0.15) is 0 Å². The van der Waals surface area contributed by atoms with Crippen molar-refractivity contribution in [3.63, 3.8) is 0 Å². The van der Waals surface area contributed by atoms with Gasteiger partial charge in [0.05, 0.1) is 0 Å². The highest BCUT2D eigenvalue weighted by Gasteiger charge is 2.64. The molecule has 8 saturated carbocycles. The smallest absolute Gasteiger partial charge is 0.0473 e. The molecule has 0 aliphatic heterocycles. The Hall–Kier alpha value is -1.44. The Morgan fingerprint density at radius 3 is 0.788 bits per heavy atom. The van der Waals surface area contributed by atoms with Crippen molar-refractivity contribution in [2.24, 2.45) is 35.5 Å². The molecule has 0 N–H and O–H groups in total. The molecule has 0 aromatic carbocycles. The second kappa shape index (κ2) is 16.3.